The number of aryl methyl sites for hydroxylation is 1. The van der Waals surface area contributed by atoms with Gasteiger partial charge in [0.15, 0.2) is 0 Å². The molecule has 1 fully saturated rings. The third-order valence-corrected chi connectivity index (χ3v) is 7.55. The van der Waals surface area contributed by atoms with Gasteiger partial charge in [0.25, 0.3) is 5.91 Å². The van der Waals surface area contributed by atoms with Crippen LogP contribution in [0.1, 0.15) is 11.1 Å². The number of carbonyl (C=O) groups excluding carboxylic acids is 2. The summed E-state index contributed by atoms with van der Waals surface area (Å²) in [5.41, 5.74) is 3.14. The molecule has 170 valence electrons. The smallest absolute Gasteiger partial charge is 0.269 e. The molecule has 34 heavy (non-hydrogen) atoms. The summed E-state index contributed by atoms with van der Waals surface area (Å²) in [6, 6.07) is 24.4. The average Bonchev–Trinajstić information content (AvgIpc) is 3.13. The minimum absolute atomic E-state index is 0.0971. The molecule has 0 aliphatic carbocycles. The second-order valence-corrected chi connectivity index (χ2v) is 10.7. The fraction of sp³-hybridized carbons (Fsp3) is 0.115. The Hall–Kier alpha value is -2.86. The molecule has 3 aromatic carbocycles. The van der Waals surface area contributed by atoms with Gasteiger partial charge in [-0.25, -0.2) is 0 Å². The first-order valence-corrected chi connectivity index (χ1v) is 12.9. The summed E-state index contributed by atoms with van der Waals surface area (Å²) in [7, 11) is 0. The van der Waals surface area contributed by atoms with Crippen molar-refractivity contribution in [2.24, 2.45) is 0 Å². The minimum Gasteiger partial charge on any atom is -0.321 e. The molecule has 0 bridgehead atoms. The van der Waals surface area contributed by atoms with Crippen LogP contribution in [0.5, 0.6) is 0 Å². The lowest BCUT2D eigenvalue weighted by Gasteiger charge is -2.19. The molecule has 0 aromatic heterocycles. The van der Waals surface area contributed by atoms with Gasteiger partial charge in [-0.15, -0.1) is 0 Å². The quantitative estimate of drug-likeness (QED) is 0.266. The summed E-state index contributed by atoms with van der Waals surface area (Å²) < 4.78 is 1.82. The van der Waals surface area contributed by atoms with E-state index in [2.05, 4.69) is 37.2 Å². The van der Waals surface area contributed by atoms with Gasteiger partial charge in [0.1, 0.15) is 16.7 Å². The van der Waals surface area contributed by atoms with Gasteiger partial charge in [0.05, 0.1) is 5.25 Å². The lowest BCUT2D eigenvalue weighted by atomic mass is 10.1. The summed E-state index contributed by atoms with van der Waals surface area (Å²) >= 11 is 8.09. The first-order valence-electron chi connectivity index (χ1n) is 10.4. The van der Waals surface area contributed by atoms with E-state index in [9.17, 15) is 14.9 Å². The van der Waals surface area contributed by atoms with Crippen molar-refractivity contribution in [1.29, 1.82) is 5.26 Å². The predicted octanol–water partition coefficient (Wildman–Crippen LogP) is 6.59. The zero-order valence-corrected chi connectivity index (χ0v) is 22.1. The van der Waals surface area contributed by atoms with Crippen molar-refractivity contribution < 1.29 is 9.59 Å². The number of amides is 2. The Morgan fingerprint density at radius 2 is 1.59 bits per heavy atom. The minimum atomic E-state index is -0.548. The van der Waals surface area contributed by atoms with Crippen molar-refractivity contribution in [3.8, 4) is 6.07 Å². The van der Waals surface area contributed by atoms with Crippen LogP contribution < -0.4 is 10.2 Å². The van der Waals surface area contributed by atoms with Gasteiger partial charge >= 0.3 is 0 Å². The lowest BCUT2D eigenvalue weighted by Crippen LogP contribution is -2.30. The highest BCUT2D eigenvalue weighted by atomic mass is 79.9. The van der Waals surface area contributed by atoms with Gasteiger partial charge in [0, 0.05) is 20.3 Å². The summed E-state index contributed by atoms with van der Waals surface area (Å²) in [6.07, 6.45) is 0.478. The standard InChI is InChI=1S/C26H19Br2N3O2S/c1-16-2-10-20(11-3-16)30-24(32)22(15-29)26-31(21-12-8-19(28)9-13-21)25(33)23(34-26)14-17-4-6-18(27)7-5-17/h2-13,23H,14H2,1H3,(H,30,32)/b26-22-/t23-/m0/s1. The fourth-order valence-corrected chi connectivity index (χ4v) is 5.31. The van der Waals surface area contributed by atoms with Crippen LogP contribution in [0.25, 0.3) is 0 Å². The topological polar surface area (TPSA) is 73.2 Å². The Bertz CT molecular complexity index is 1300. The Balaban J connectivity index is 1.71. The zero-order chi connectivity index (χ0) is 24.2. The second kappa shape index (κ2) is 10.6. The number of nitrogens with one attached hydrogen (secondary N) is 1. The highest BCUT2D eigenvalue weighted by Gasteiger charge is 2.40. The molecule has 1 N–H and O–H groups in total. The number of hydrogen-bond donors (Lipinski definition) is 1. The van der Waals surface area contributed by atoms with E-state index in [4.69, 9.17) is 0 Å². The van der Waals surface area contributed by atoms with Crippen LogP contribution in [0.15, 0.2) is 92.3 Å². The molecule has 0 unspecified atom stereocenters. The molecule has 1 saturated heterocycles. The molecule has 0 saturated carbocycles. The van der Waals surface area contributed by atoms with Crippen molar-refractivity contribution in [2.45, 2.75) is 18.6 Å². The number of thioether (sulfide) groups is 1. The maximum atomic E-state index is 13.5. The number of nitrogens with zero attached hydrogens (tertiary/aromatic N) is 2. The summed E-state index contributed by atoms with van der Waals surface area (Å²) in [5.74, 6) is -0.714. The molecule has 2 amide bonds. The second-order valence-electron chi connectivity index (χ2n) is 7.70. The number of halogens is 2. The Morgan fingerprint density at radius 1 is 1.00 bits per heavy atom. The van der Waals surface area contributed by atoms with Crippen molar-refractivity contribution in [2.75, 3.05) is 10.2 Å². The molecule has 4 rings (SSSR count). The van der Waals surface area contributed by atoms with Crippen LogP contribution in [0.3, 0.4) is 0 Å². The van der Waals surface area contributed by atoms with Crippen LogP contribution in [0, 0.1) is 18.3 Å². The van der Waals surface area contributed by atoms with Gasteiger partial charge < -0.3 is 5.32 Å². The molecule has 0 radical (unpaired) electrons. The third kappa shape index (κ3) is 5.44. The molecule has 1 aliphatic heterocycles. The van der Waals surface area contributed by atoms with E-state index >= 15 is 0 Å². The Morgan fingerprint density at radius 3 is 2.18 bits per heavy atom. The highest BCUT2D eigenvalue weighted by molar-refractivity contribution is 9.10. The summed E-state index contributed by atoms with van der Waals surface area (Å²) in [6.45, 7) is 1.96. The van der Waals surface area contributed by atoms with E-state index in [-0.39, 0.29) is 11.5 Å². The molecule has 5 nitrogen and oxygen atoms in total. The van der Waals surface area contributed by atoms with Crippen molar-refractivity contribution in [3.63, 3.8) is 0 Å². The Kier molecular flexibility index (Phi) is 7.57. The summed E-state index contributed by atoms with van der Waals surface area (Å²) in [4.78, 5) is 28.1. The van der Waals surface area contributed by atoms with E-state index in [1.807, 2.05) is 61.5 Å². The maximum absolute atomic E-state index is 13.5. The van der Waals surface area contributed by atoms with Gasteiger partial charge in [-0.05, 0) is 67.4 Å². The SMILES string of the molecule is Cc1ccc(NC(=O)/C(C#N)=C2\S[C@@H](Cc3ccc(Br)cc3)C(=O)N2c2ccc(Br)cc2)cc1. The molecule has 8 heteroatoms. The van der Waals surface area contributed by atoms with Crippen LogP contribution in [0.4, 0.5) is 11.4 Å². The number of anilines is 2. The zero-order valence-electron chi connectivity index (χ0n) is 18.1. The first-order chi connectivity index (χ1) is 16.4. The van der Waals surface area contributed by atoms with Gasteiger partial charge in [-0.3, -0.25) is 14.5 Å². The molecular weight excluding hydrogens is 578 g/mol. The van der Waals surface area contributed by atoms with Gasteiger partial charge in [0.2, 0.25) is 5.91 Å². The van der Waals surface area contributed by atoms with E-state index in [1.165, 1.54) is 16.7 Å². The monoisotopic (exact) mass is 595 g/mol. The molecule has 1 heterocycles. The van der Waals surface area contributed by atoms with E-state index in [1.54, 1.807) is 24.3 Å². The number of hydrogen-bond acceptors (Lipinski definition) is 4. The summed E-state index contributed by atoms with van der Waals surface area (Å²) in [5, 5.41) is 12.6. The highest BCUT2D eigenvalue weighted by Crippen LogP contribution is 2.42. The lowest BCUT2D eigenvalue weighted by molar-refractivity contribution is -0.117. The van der Waals surface area contributed by atoms with Crippen LogP contribution in [-0.4, -0.2) is 17.1 Å². The van der Waals surface area contributed by atoms with Crippen LogP contribution >= 0.6 is 43.6 Å². The number of rotatable bonds is 5. The van der Waals surface area contributed by atoms with Crippen LogP contribution in [-0.2, 0) is 16.0 Å². The molecule has 1 atom stereocenters. The Labute approximate surface area is 219 Å². The van der Waals surface area contributed by atoms with Gasteiger partial charge in [-0.1, -0.05) is 73.5 Å². The van der Waals surface area contributed by atoms with E-state index in [0.29, 0.717) is 22.8 Å². The third-order valence-electron chi connectivity index (χ3n) is 5.23. The van der Waals surface area contributed by atoms with Crippen molar-refractivity contribution in [1.82, 2.24) is 0 Å². The predicted molar refractivity (Wildman–Crippen MR) is 143 cm³/mol. The number of benzene rings is 3. The largest absolute Gasteiger partial charge is 0.321 e. The molecule has 0 spiro atoms. The number of nitriles is 1. The average molecular weight is 597 g/mol. The molecular formula is C26H19Br2N3O2S. The van der Waals surface area contributed by atoms with Crippen molar-refractivity contribution in [3.05, 3.63) is 103 Å². The van der Waals surface area contributed by atoms with Crippen LogP contribution in [0.2, 0.25) is 0 Å². The molecule has 3 aromatic rings. The van der Waals surface area contributed by atoms with Gasteiger partial charge in [-0.2, -0.15) is 5.26 Å². The molecule has 1 aliphatic rings. The van der Waals surface area contributed by atoms with Crippen molar-refractivity contribution >= 4 is 66.8 Å². The van der Waals surface area contributed by atoms with E-state index < -0.39 is 11.2 Å². The normalized spacial score (nSPS) is 16.8. The number of carbonyl (C=O) groups is 2. The maximum Gasteiger partial charge on any atom is 0.269 e. The fourth-order valence-electron chi connectivity index (χ4n) is 3.48. The van der Waals surface area contributed by atoms with E-state index in [0.717, 1.165) is 20.1 Å². The first kappa shape index (κ1) is 24.3.